The van der Waals surface area contributed by atoms with Crippen LogP contribution in [-0.2, 0) is 9.53 Å². The second-order valence-electron chi connectivity index (χ2n) is 6.42. The molecule has 0 fully saturated rings. The number of hydrogen-bond donors (Lipinski definition) is 4. The highest BCUT2D eigenvalue weighted by atomic mass is 127. The lowest BCUT2D eigenvalue weighted by Gasteiger charge is -2.23. The fourth-order valence-electron chi connectivity index (χ4n) is 2.82. The number of carbonyl (C=O) groups is 2. The van der Waals surface area contributed by atoms with Crippen LogP contribution in [0.4, 0.5) is 10.5 Å². The first-order valence-electron chi connectivity index (χ1n) is 8.85. The highest BCUT2D eigenvalue weighted by Gasteiger charge is 2.26. The van der Waals surface area contributed by atoms with Gasteiger partial charge in [0.25, 0.3) is 5.91 Å². The molecule has 0 saturated carbocycles. The van der Waals surface area contributed by atoms with Crippen molar-refractivity contribution in [2.75, 3.05) is 12.1 Å². The number of halogens is 1. The Labute approximate surface area is 185 Å². The number of anilines is 1. The Morgan fingerprint density at radius 3 is 2.73 bits per heavy atom. The normalized spacial score (nSPS) is 14.2. The third kappa shape index (κ3) is 5.33. The molecule has 4 N–H and O–H groups in total. The molecule has 0 aliphatic carbocycles. The number of ether oxygens (including phenoxy) is 3. The van der Waals surface area contributed by atoms with Crippen molar-refractivity contribution in [3.8, 4) is 17.2 Å². The highest BCUT2D eigenvalue weighted by Crippen LogP contribution is 2.36. The zero-order chi connectivity index (χ0) is 21.7. The van der Waals surface area contributed by atoms with E-state index in [1.54, 1.807) is 37.3 Å². The summed E-state index contributed by atoms with van der Waals surface area (Å²) in [5.41, 5.74) is 2.32. The Morgan fingerprint density at radius 2 is 1.97 bits per heavy atom. The Morgan fingerprint density at radius 1 is 1.20 bits per heavy atom. The molecule has 0 saturated heterocycles. The predicted molar refractivity (Wildman–Crippen MR) is 114 cm³/mol. The van der Waals surface area contributed by atoms with Gasteiger partial charge in [0.1, 0.15) is 11.9 Å². The van der Waals surface area contributed by atoms with E-state index >= 15 is 0 Å². The van der Waals surface area contributed by atoms with E-state index in [1.807, 2.05) is 0 Å². The smallest absolute Gasteiger partial charge is 0.412 e. The number of rotatable bonds is 6. The van der Waals surface area contributed by atoms with Crippen molar-refractivity contribution in [2.24, 2.45) is 5.92 Å². The number of fused-ring (bicyclic) bond motifs is 1. The quantitative estimate of drug-likeness (QED) is 0.196. The molecule has 0 spiro atoms. The average Bonchev–Trinajstić information content (AvgIpc) is 3.19. The molecule has 1 heterocycles. The van der Waals surface area contributed by atoms with Crippen LogP contribution in [0.2, 0.25) is 0 Å². The molecule has 0 bridgehead atoms. The molecule has 2 aromatic carbocycles. The van der Waals surface area contributed by atoms with Gasteiger partial charge >= 0.3 is 6.09 Å². The summed E-state index contributed by atoms with van der Waals surface area (Å²) < 4.78 is 16.9. The molecule has 10 heteroatoms. The predicted octanol–water partition coefficient (Wildman–Crippen LogP) is 3.71. The molecule has 0 aromatic heterocycles. The molecular formula is C20H19IN2O7. The summed E-state index contributed by atoms with van der Waals surface area (Å²) in [4.78, 5) is 23.9. The van der Waals surface area contributed by atoms with Gasteiger partial charge in [-0.3, -0.25) is 15.3 Å². The lowest BCUT2D eigenvalue weighted by atomic mass is 9.96. The van der Waals surface area contributed by atoms with Crippen LogP contribution in [0, 0.1) is 9.49 Å². The van der Waals surface area contributed by atoms with Gasteiger partial charge in [0, 0.05) is 32.9 Å². The Hall–Kier alpha value is -2.99. The molecule has 158 valence electrons. The summed E-state index contributed by atoms with van der Waals surface area (Å²) in [6.45, 7) is 1.82. The molecule has 2 atom stereocenters. The first kappa shape index (κ1) is 21.7. The lowest BCUT2D eigenvalue weighted by molar-refractivity contribution is -0.124. The van der Waals surface area contributed by atoms with Crippen molar-refractivity contribution in [3.63, 3.8) is 0 Å². The molecular weight excluding hydrogens is 507 g/mol. The van der Waals surface area contributed by atoms with Crippen LogP contribution in [0.5, 0.6) is 17.2 Å². The second-order valence-corrected chi connectivity index (χ2v) is 7.66. The standard InChI is InChI=1S/C20H19IN2O7/c1-11(2-7-18(25)23-27)19(14-8-12(21)3-5-15(14)24)30-20(26)22-13-4-6-16-17(9-13)29-10-28-16/h2-9,11,19,24,27H,10H2,1H3,(H,22,26)(H,23,25)/b7-2+/t11-,19-/m1/s1. The minimum atomic E-state index is -0.906. The van der Waals surface area contributed by atoms with Gasteiger partial charge < -0.3 is 19.3 Å². The zero-order valence-corrected chi connectivity index (χ0v) is 18.0. The number of benzene rings is 2. The topological polar surface area (TPSA) is 126 Å². The van der Waals surface area contributed by atoms with Gasteiger partial charge in [-0.15, -0.1) is 0 Å². The van der Waals surface area contributed by atoms with E-state index in [-0.39, 0.29) is 12.5 Å². The van der Waals surface area contributed by atoms with Gasteiger partial charge in [-0.25, -0.2) is 10.3 Å². The minimum Gasteiger partial charge on any atom is -0.508 e. The van der Waals surface area contributed by atoms with Crippen LogP contribution >= 0.6 is 22.6 Å². The molecule has 1 aliphatic rings. The van der Waals surface area contributed by atoms with E-state index in [9.17, 15) is 14.7 Å². The lowest BCUT2D eigenvalue weighted by Crippen LogP contribution is -2.22. The molecule has 2 amide bonds. The number of hydrogen-bond acceptors (Lipinski definition) is 7. The van der Waals surface area contributed by atoms with Gasteiger partial charge in [0.2, 0.25) is 6.79 Å². The number of phenols is 1. The number of carbonyl (C=O) groups excluding carboxylic acids is 2. The van der Waals surface area contributed by atoms with Crippen molar-refractivity contribution < 1.29 is 34.1 Å². The number of aromatic hydroxyl groups is 1. The van der Waals surface area contributed by atoms with Crippen LogP contribution in [0.3, 0.4) is 0 Å². The largest absolute Gasteiger partial charge is 0.508 e. The molecule has 1 aliphatic heterocycles. The van der Waals surface area contributed by atoms with E-state index in [2.05, 4.69) is 27.9 Å². The first-order valence-corrected chi connectivity index (χ1v) is 9.93. The molecule has 3 rings (SSSR count). The minimum absolute atomic E-state index is 0.0526. The van der Waals surface area contributed by atoms with Crippen LogP contribution in [0.15, 0.2) is 48.6 Å². The van der Waals surface area contributed by atoms with Gasteiger partial charge in [-0.2, -0.15) is 0 Å². The molecule has 0 unspecified atom stereocenters. The summed E-state index contributed by atoms with van der Waals surface area (Å²) in [5, 5.41) is 21.6. The summed E-state index contributed by atoms with van der Waals surface area (Å²) >= 11 is 2.08. The van der Waals surface area contributed by atoms with Crippen molar-refractivity contribution in [1.82, 2.24) is 5.48 Å². The summed E-state index contributed by atoms with van der Waals surface area (Å²) in [6, 6.07) is 9.81. The number of nitrogens with one attached hydrogen (secondary N) is 2. The van der Waals surface area contributed by atoms with Gasteiger partial charge in [-0.1, -0.05) is 13.0 Å². The van der Waals surface area contributed by atoms with E-state index in [1.165, 1.54) is 17.6 Å². The van der Waals surface area contributed by atoms with Crippen LogP contribution in [0.25, 0.3) is 0 Å². The van der Waals surface area contributed by atoms with Crippen molar-refractivity contribution in [1.29, 1.82) is 0 Å². The maximum atomic E-state index is 12.6. The van der Waals surface area contributed by atoms with Crippen molar-refractivity contribution in [3.05, 3.63) is 57.7 Å². The Balaban J connectivity index is 1.80. The van der Waals surface area contributed by atoms with Crippen molar-refractivity contribution >= 4 is 40.3 Å². The SMILES string of the molecule is C[C@H](/C=C/C(=O)NO)[C@@H](OC(=O)Nc1ccc2c(c1)OCO2)c1cc(I)ccc1O. The van der Waals surface area contributed by atoms with Crippen molar-refractivity contribution in [2.45, 2.75) is 13.0 Å². The maximum absolute atomic E-state index is 12.6. The summed E-state index contributed by atoms with van der Waals surface area (Å²) in [7, 11) is 0. The zero-order valence-electron chi connectivity index (χ0n) is 15.8. The number of amides is 2. The number of hydroxylamine groups is 1. The molecule has 0 radical (unpaired) electrons. The summed E-state index contributed by atoms with van der Waals surface area (Å²) in [6.07, 6.45) is 0.908. The van der Waals surface area contributed by atoms with Crippen LogP contribution in [0.1, 0.15) is 18.6 Å². The maximum Gasteiger partial charge on any atom is 0.412 e. The van der Waals surface area contributed by atoms with Crippen LogP contribution in [-0.4, -0.2) is 29.1 Å². The van der Waals surface area contributed by atoms with E-state index in [4.69, 9.17) is 19.4 Å². The Kier molecular flexibility index (Phi) is 7.00. The third-order valence-corrected chi connectivity index (χ3v) is 4.96. The van der Waals surface area contributed by atoms with Gasteiger partial charge in [0.05, 0.1) is 0 Å². The van der Waals surface area contributed by atoms with Gasteiger partial charge in [-0.05, 0) is 52.9 Å². The molecule has 9 nitrogen and oxygen atoms in total. The Bertz CT molecular complexity index is 980. The summed E-state index contributed by atoms with van der Waals surface area (Å²) in [5.74, 6) is -0.197. The third-order valence-electron chi connectivity index (χ3n) is 4.29. The fraction of sp³-hybridized carbons (Fsp3) is 0.200. The molecule has 2 aromatic rings. The monoisotopic (exact) mass is 526 g/mol. The molecule has 30 heavy (non-hydrogen) atoms. The fourth-order valence-corrected chi connectivity index (χ4v) is 3.34. The number of phenolic OH excluding ortho intramolecular Hbond substituents is 1. The van der Waals surface area contributed by atoms with Crippen LogP contribution < -0.4 is 20.3 Å². The van der Waals surface area contributed by atoms with E-state index < -0.39 is 24.0 Å². The highest BCUT2D eigenvalue weighted by molar-refractivity contribution is 14.1. The first-order chi connectivity index (χ1) is 14.4. The second kappa shape index (κ2) is 9.67. The van der Waals surface area contributed by atoms with E-state index in [0.717, 1.165) is 9.65 Å². The van der Waals surface area contributed by atoms with Gasteiger partial charge in [0.15, 0.2) is 11.5 Å². The average molecular weight is 526 g/mol. The van der Waals surface area contributed by atoms with E-state index in [0.29, 0.717) is 22.7 Å².